The summed E-state index contributed by atoms with van der Waals surface area (Å²) >= 11 is 0. The molecule has 0 fully saturated rings. The van der Waals surface area contributed by atoms with Crippen molar-refractivity contribution in [3.8, 4) is 0 Å². The molecule has 9 heteroatoms. The second-order valence-electron chi connectivity index (χ2n) is 7.11. The number of amides is 1. The van der Waals surface area contributed by atoms with Gasteiger partial charge in [-0.05, 0) is 31.0 Å². The lowest BCUT2D eigenvalue weighted by molar-refractivity contribution is -0.153. The first-order valence-electron chi connectivity index (χ1n) is 9.73. The molecule has 1 amide bonds. The minimum absolute atomic E-state index is 0.115. The fourth-order valence-electron chi connectivity index (χ4n) is 3.23. The quantitative estimate of drug-likeness (QED) is 0.568. The van der Waals surface area contributed by atoms with E-state index < -0.39 is 37.0 Å². The van der Waals surface area contributed by atoms with Gasteiger partial charge in [-0.15, -0.1) is 0 Å². The van der Waals surface area contributed by atoms with Gasteiger partial charge in [0.05, 0.1) is 17.1 Å². The van der Waals surface area contributed by atoms with Crippen LogP contribution in [0.25, 0.3) is 11.0 Å². The fraction of sp³-hybridized carbons (Fsp3) is 0.318. The first kappa shape index (κ1) is 22.3. The van der Waals surface area contributed by atoms with Gasteiger partial charge in [0.25, 0.3) is 5.91 Å². The number of benzene rings is 2. The van der Waals surface area contributed by atoms with Crippen LogP contribution < -0.4 is 5.32 Å². The number of nitrogens with zero attached hydrogens (tertiary/aromatic N) is 2. The van der Waals surface area contributed by atoms with Crippen molar-refractivity contribution < 1.29 is 27.5 Å². The van der Waals surface area contributed by atoms with Gasteiger partial charge in [0.1, 0.15) is 6.54 Å². The molecule has 3 rings (SSSR count). The lowest BCUT2D eigenvalue weighted by atomic mass is 10.0. The Morgan fingerprint density at radius 3 is 2.45 bits per heavy atom. The zero-order valence-electron chi connectivity index (χ0n) is 17.1. The Morgan fingerprint density at radius 2 is 1.81 bits per heavy atom. The largest absolute Gasteiger partial charge is 0.454 e. The Hall–Kier alpha value is -3.36. The van der Waals surface area contributed by atoms with Crippen molar-refractivity contribution in [1.82, 2.24) is 14.9 Å². The zero-order chi connectivity index (χ0) is 22.6. The van der Waals surface area contributed by atoms with E-state index in [1.165, 1.54) is 12.1 Å². The molecule has 2 aromatic carbocycles. The second kappa shape index (κ2) is 9.20. The molecule has 0 saturated heterocycles. The van der Waals surface area contributed by atoms with E-state index in [4.69, 9.17) is 4.74 Å². The number of carbonyl (C=O) groups is 2. The molecule has 164 valence electrons. The molecule has 0 aliphatic carbocycles. The minimum Gasteiger partial charge on any atom is -0.454 e. The maximum atomic E-state index is 13.3. The number of aryl methyl sites for hydroxylation is 1. The summed E-state index contributed by atoms with van der Waals surface area (Å²) in [7, 11) is 0. The summed E-state index contributed by atoms with van der Waals surface area (Å²) in [6.45, 7) is 2.56. The Morgan fingerprint density at radius 1 is 1.13 bits per heavy atom. The topological polar surface area (TPSA) is 73.2 Å². The average Bonchev–Trinajstić information content (AvgIpc) is 3.10. The molecule has 1 heterocycles. The predicted octanol–water partition coefficient (Wildman–Crippen LogP) is 4.17. The first-order valence-corrected chi connectivity index (χ1v) is 9.73. The average molecular weight is 433 g/mol. The van der Waals surface area contributed by atoms with Gasteiger partial charge in [-0.2, -0.15) is 13.2 Å². The van der Waals surface area contributed by atoms with E-state index >= 15 is 0 Å². The maximum absolute atomic E-state index is 13.3. The highest BCUT2D eigenvalue weighted by Gasteiger charge is 2.38. The lowest BCUT2D eigenvalue weighted by Crippen LogP contribution is -2.33. The number of hydrogen-bond acceptors (Lipinski definition) is 4. The van der Waals surface area contributed by atoms with Crippen LogP contribution in [-0.2, 0) is 27.0 Å². The standard InChI is InChI=1S/C22H22F3N3O3/c1-3-16(15-10-8-14(2)9-11-15)26-19(29)13-31-20(30)12-28-18-7-5-4-6-17(18)27-21(28)22(23,24)25/h4-11,16H,3,12-13H2,1-2H3,(H,26,29). The molecule has 3 aromatic rings. The molecule has 0 aliphatic rings. The minimum atomic E-state index is -4.74. The Labute approximate surface area is 177 Å². The second-order valence-corrected chi connectivity index (χ2v) is 7.11. The van der Waals surface area contributed by atoms with Gasteiger partial charge >= 0.3 is 12.1 Å². The molecular weight excluding hydrogens is 411 g/mol. The molecule has 1 N–H and O–H groups in total. The van der Waals surface area contributed by atoms with Crippen molar-refractivity contribution in [1.29, 1.82) is 0 Å². The fourth-order valence-corrected chi connectivity index (χ4v) is 3.23. The van der Waals surface area contributed by atoms with Gasteiger partial charge in [0, 0.05) is 0 Å². The van der Waals surface area contributed by atoms with Gasteiger partial charge in [-0.3, -0.25) is 9.59 Å². The van der Waals surface area contributed by atoms with Crippen LogP contribution in [0, 0.1) is 6.92 Å². The van der Waals surface area contributed by atoms with Gasteiger partial charge in [-0.1, -0.05) is 48.9 Å². The Kier molecular flexibility index (Phi) is 6.62. The number of alkyl halides is 3. The molecule has 1 unspecified atom stereocenters. The number of aromatic nitrogens is 2. The zero-order valence-corrected chi connectivity index (χ0v) is 17.1. The van der Waals surface area contributed by atoms with E-state index in [0.717, 1.165) is 15.7 Å². The van der Waals surface area contributed by atoms with Crippen molar-refractivity contribution in [3.05, 3.63) is 65.5 Å². The van der Waals surface area contributed by atoms with E-state index in [-0.39, 0.29) is 17.1 Å². The number of halogens is 3. The molecule has 31 heavy (non-hydrogen) atoms. The highest BCUT2D eigenvalue weighted by atomic mass is 19.4. The number of esters is 1. The smallest absolute Gasteiger partial charge is 0.449 e. The van der Waals surface area contributed by atoms with Crippen LogP contribution in [-0.4, -0.2) is 28.0 Å². The van der Waals surface area contributed by atoms with Crippen LogP contribution in [0.3, 0.4) is 0 Å². The highest BCUT2D eigenvalue weighted by Crippen LogP contribution is 2.31. The molecule has 0 spiro atoms. The highest BCUT2D eigenvalue weighted by molar-refractivity contribution is 5.82. The molecule has 0 bridgehead atoms. The maximum Gasteiger partial charge on any atom is 0.449 e. The van der Waals surface area contributed by atoms with Crippen LogP contribution in [0.1, 0.15) is 36.3 Å². The van der Waals surface area contributed by atoms with Crippen LogP contribution in [0.2, 0.25) is 0 Å². The SMILES string of the molecule is CCC(NC(=O)COC(=O)Cn1c(C(F)(F)F)nc2ccccc21)c1ccc(C)cc1. The number of ether oxygens (including phenoxy) is 1. The van der Waals surface area contributed by atoms with Crippen LogP contribution >= 0.6 is 0 Å². The van der Waals surface area contributed by atoms with Crippen LogP contribution in [0.5, 0.6) is 0 Å². The van der Waals surface area contributed by atoms with E-state index in [1.54, 1.807) is 12.1 Å². The van der Waals surface area contributed by atoms with E-state index in [2.05, 4.69) is 10.3 Å². The third kappa shape index (κ3) is 5.42. The third-order valence-electron chi connectivity index (χ3n) is 4.78. The number of imidazole rings is 1. The van der Waals surface area contributed by atoms with Gasteiger partial charge in [0.2, 0.25) is 5.82 Å². The number of hydrogen-bond donors (Lipinski definition) is 1. The number of fused-ring (bicyclic) bond motifs is 1. The van der Waals surface area contributed by atoms with Crippen molar-refractivity contribution in [2.45, 2.75) is 39.0 Å². The van der Waals surface area contributed by atoms with Crippen molar-refractivity contribution >= 4 is 22.9 Å². The monoisotopic (exact) mass is 433 g/mol. The van der Waals surface area contributed by atoms with E-state index in [1.807, 2.05) is 38.1 Å². The molecular formula is C22H22F3N3O3. The summed E-state index contributed by atoms with van der Waals surface area (Å²) in [6, 6.07) is 13.4. The number of rotatable bonds is 7. The Balaban J connectivity index is 1.64. The lowest BCUT2D eigenvalue weighted by Gasteiger charge is -2.18. The van der Waals surface area contributed by atoms with Gasteiger partial charge < -0.3 is 14.6 Å². The predicted molar refractivity (Wildman–Crippen MR) is 108 cm³/mol. The summed E-state index contributed by atoms with van der Waals surface area (Å²) < 4.78 is 45.6. The first-order chi connectivity index (χ1) is 14.7. The molecule has 0 saturated carbocycles. The van der Waals surface area contributed by atoms with Crippen molar-refractivity contribution in [2.24, 2.45) is 0 Å². The van der Waals surface area contributed by atoms with E-state index in [9.17, 15) is 22.8 Å². The Bertz CT molecular complexity index is 1080. The van der Waals surface area contributed by atoms with Crippen LogP contribution in [0.15, 0.2) is 48.5 Å². The van der Waals surface area contributed by atoms with Gasteiger partial charge in [0.15, 0.2) is 6.61 Å². The number of para-hydroxylation sites is 2. The third-order valence-corrected chi connectivity index (χ3v) is 4.78. The summed E-state index contributed by atoms with van der Waals surface area (Å²) in [4.78, 5) is 28.0. The van der Waals surface area contributed by atoms with Gasteiger partial charge in [-0.25, -0.2) is 4.98 Å². The van der Waals surface area contributed by atoms with Crippen molar-refractivity contribution in [3.63, 3.8) is 0 Å². The van der Waals surface area contributed by atoms with Crippen LogP contribution in [0.4, 0.5) is 13.2 Å². The van der Waals surface area contributed by atoms with E-state index in [0.29, 0.717) is 6.42 Å². The number of nitrogens with one attached hydrogen (secondary N) is 1. The normalized spacial score (nSPS) is 12.5. The molecule has 0 aliphatic heterocycles. The summed E-state index contributed by atoms with van der Waals surface area (Å²) in [5.74, 6) is -2.69. The summed E-state index contributed by atoms with van der Waals surface area (Å²) in [5, 5.41) is 2.77. The summed E-state index contributed by atoms with van der Waals surface area (Å²) in [6.07, 6.45) is -4.11. The van der Waals surface area contributed by atoms with Crippen molar-refractivity contribution in [2.75, 3.05) is 6.61 Å². The molecule has 1 aromatic heterocycles. The molecule has 6 nitrogen and oxygen atoms in total. The summed E-state index contributed by atoms with van der Waals surface area (Å²) in [5.41, 5.74) is 2.27. The molecule has 0 radical (unpaired) electrons. The molecule has 1 atom stereocenters. The number of carbonyl (C=O) groups excluding carboxylic acids is 2.